The Balaban J connectivity index is 1.92. The number of aryl methyl sites for hydroxylation is 1. The number of rotatable bonds is 9. The van der Waals surface area contributed by atoms with Gasteiger partial charge in [0.1, 0.15) is 0 Å². The van der Waals surface area contributed by atoms with E-state index in [0.29, 0.717) is 5.02 Å². The van der Waals surface area contributed by atoms with Crippen molar-refractivity contribution in [1.82, 2.24) is 9.62 Å². The molecule has 2 aromatic rings. The summed E-state index contributed by atoms with van der Waals surface area (Å²) >= 11 is 5.82. The van der Waals surface area contributed by atoms with Crippen LogP contribution < -0.4 is 5.32 Å². The molecule has 0 spiro atoms. The fraction of sp³-hybridized carbons (Fsp3) is 0.350. The van der Waals surface area contributed by atoms with Gasteiger partial charge >= 0.3 is 0 Å². The Morgan fingerprint density at radius 1 is 1.11 bits per heavy atom. The molecule has 0 unspecified atom stereocenters. The number of halogens is 1. The van der Waals surface area contributed by atoms with E-state index in [9.17, 15) is 13.2 Å². The maximum absolute atomic E-state index is 12.7. The number of nitrogens with zero attached hydrogens (tertiary/aromatic N) is 1. The zero-order chi connectivity index (χ0) is 19.9. The minimum absolute atomic E-state index is 0.0466. The van der Waals surface area contributed by atoms with E-state index in [0.717, 1.165) is 17.1 Å². The zero-order valence-electron chi connectivity index (χ0n) is 15.6. The van der Waals surface area contributed by atoms with Crippen molar-refractivity contribution >= 4 is 27.5 Å². The molecule has 27 heavy (non-hydrogen) atoms. The van der Waals surface area contributed by atoms with Gasteiger partial charge in [-0.25, -0.2) is 8.42 Å². The molecule has 0 radical (unpaired) electrons. The van der Waals surface area contributed by atoms with E-state index < -0.39 is 10.0 Å². The molecule has 0 bridgehead atoms. The van der Waals surface area contributed by atoms with Gasteiger partial charge in [-0.05, 0) is 49.6 Å². The lowest BCUT2D eigenvalue weighted by molar-refractivity contribution is -0.121. The van der Waals surface area contributed by atoms with Crippen molar-refractivity contribution in [3.05, 3.63) is 65.2 Å². The second kappa shape index (κ2) is 9.88. The zero-order valence-corrected chi connectivity index (χ0v) is 17.1. The van der Waals surface area contributed by atoms with Crippen molar-refractivity contribution in [2.24, 2.45) is 0 Å². The lowest BCUT2D eigenvalue weighted by Crippen LogP contribution is -2.43. The van der Waals surface area contributed by atoms with Crippen LogP contribution in [0.4, 0.5) is 0 Å². The molecule has 0 heterocycles. The van der Waals surface area contributed by atoms with E-state index in [1.807, 2.05) is 37.3 Å². The minimum Gasteiger partial charge on any atom is -0.352 e. The van der Waals surface area contributed by atoms with Crippen LogP contribution in [0.25, 0.3) is 0 Å². The number of sulfonamides is 1. The molecule has 0 saturated carbocycles. The number of carbonyl (C=O) groups excluding carboxylic acids is 1. The Bertz CT molecular complexity index is 839. The first-order chi connectivity index (χ1) is 12.8. The summed E-state index contributed by atoms with van der Waals surface area (Å²) in [5, 5.41) is 3.34. The summed E-state index contributed by atoms with van der Waals surface area (Å²) in [5.41, 5.74) is 1.21. The molecule has 1 atom stereocenters. The molecule has 146 valence electrons. The van der Waals surface area contributed by atoms with E-state index in [4.69, 9.17) is 11.6 Å². The van der Waals surface area contributed by atoms with Gasteiger partial charge in [-0.3, -0.25) is 4.79 Å². The van der Waals surface area contributed by atoms with Crippen molar-refractivity contribution < 1.29 is 13.2 Å². The number of benzene rings is 2. The minimum atomic E-state index is -3.74. The van der Waals surface area contributed by atoms with E-state index in [2.05, 4.69) is 5.32 Å². The number of hydrogen-bond donors (Lipinski definition) is 1. The lowest BCUT2D eigenvalue weighted by Gasteiger charge is -2.21. The Morgan fingerprint density at radius 3 is 2.33 bits per heavy atom. The highest BCUT2D eigenvalue weighted by Gasteiger charge is 2.25. The fourth-order valence-corrected chi connectivity index (χ4v) is 4.23. The van der Waals surface area contributed by atoms with E-state index in [-0.39, 0.29) is 29.9 Å². The molecule has 1 N–H and O–H groups in total. The first-order valence-corrected chi connectivity index (χ1v) is 10.7. The second-order valence-corrected chi connectivity index (χ2v) is 8.75. The molecule has 7 heteroatoms. The molecule has 0 aliphatic heterocycles. The van der Waals surface area contributed by atoms with Crippen LogP contribution in [0.3, 0.4) is 0 Å². The van der Waals surface area contributed by atoms with Gasteiger partial charge in [0.05, 0.1) is 11.4 Å². The Kier molecular flexibility index (Phi) is 7.83. The number of likely N-dealkylation sites (N-methyl/N-ethyl adjacent to an activating group) is 1. The highest BCUT2D eigenvalue weighted by molar-refractivity contribution is 7.89. The third-order valence-electron chi connectivity index (χ3n) is 4.24. The van der Waals surface area contributed by atoms with Gasteiger partial charge in [0.15, 0.2) is 0 Å². The van der Waals surface area contributed by atoms with Crippen molar-refractivity contribution in [2.45, 2.75) is 37.6 Å². The Hall–Kier alpha value is -1.89. The van der Waals surface area contributed by atoms with E-state index in [1.165, 1.54) is 29.8 Å². The van der Waals surface area contributed by atoms with E-state index >= 15 is 0 Å². The SMILES string of the molecule is CCN(CC(=O)N[C@@H](C)CCc1ccccc1)S(=O)(=O)c1ccc(Cl)cc1. The molecule has 0 saturated heterocycles. The third-order valence-corrected chi connectivity index (χ3v) is 6.43. The molecule has 0 fully saturated rings. The first-order valence-electron chi connectivity index (χ1n) is 8.92. The van der Waals surface area contributed by atoms with Gasteiger partial charge < -0.3 is 5.32 Å². The molecule has 5 nitrogen and oxygen atoms in total. The number of nitrogens with one attached hydrogen (secondary N) is 1. The molecule has 2 rings (SSSR count). The van der Waals surface area contributed by atoms with Crippen LogP contribution >= 0.6 is 11.6 Å². The predicted octanol–water partition coefficient (Wildman–Crippen LogP) is 3.49. The molecule has 0 aromatic heterocycles. The van der Waals surface area contributed by atoms with Gasteiger partial charge in [-0.15, -0.1) is 0 Å². The van der Waals surface area contributed by atoms with Gasteiger partial charge in [0.2, 0.25) is 15.9 Å². The van der Waals surface area contributed by atoms with Crippen LogP contribution in [0.2, 0.25) is 5.02 Å². The van der Waals surface area contributed by atoms with Crippen LogP contribution in [0.1, 0.15) is 25.8 Å². The summed E-state index contributed by atoms with van der Waals surface area (Å²) in [5.74, 6) is -0.310. The molecular weight excluding hydrogens is 384 g/mol. The van der Waals surface area contributed by atoms with Gasteiger partial charge in [-0.2, -0.15) is 4.31 Å². The molecule has 2 aromatic carbocycles. The molecule has 0 aliphatic carbocycles. The fourth-order valence-electron chi connectivity index (χ4n) is 2.70. The topological polar surface area (TPSA) is 66.5 Å². The average Bonchev–Trinajstić information content (AvgIpc) is 2.65. The quantitative estimate of drug-likeness (QED) is 0.690. The monoisotopic (exact) mass is 408 g/mol. The van der Waals surface area contributed by atoms with Crippen LogP contribution in [0.5, 0.6) is 0 Å². The number of hydrogen-bond acceptors (Lipinski definition) is 3. The van der Waals surface area contributed by atoms with Crippen molar-refractivity contribution in [3.63, 3.8) is 0 Å². The normalized spacial score (nSPS) is 12.7. The summed E-state index contributed by atoms with van der Waals surface area (Å²) in [6.45, 7) is 3.62. The highest BCUT2D eigenvalue weighted by Crippen LogP contribution is 2.18. The molecule has 0 aliphatic rings. The molecular formula is C20H25ClN2O3S. The smallest absolute Gasteiger partial charge is 0.243 e. The number of amides is 1. The molecule has 1 amide bonds. The maximum Gasteiger partial charge on any atom is 0.243 e. The van der Waals surface area contributed by atoms with Crippen molar-refractivity contribution in [1.29, 1.82) is 0 Å². The van der Waals surface area contributed by atoms with Crippen molar-refractivity contribution in [2.75, 3.05) is 13.1 Å². The van der Waals surface area contributed by atoms with Gasteiger partial charge in [0, 0.05) is 17.6 Å². The summed E-state index contributed by atoms with van der Waals surface area (Å²) in [6.07, 6.45) is 1.63. The average molecular weight is 409 g/mol. The largest absolute Gasteiger partial charge is 0.352 e. The Morgan fingerprint density at radius 2 is 1.74 bits per heavy atom. The highest BCUT2D eigenvalue weighted by atomic mass is 35.5. The van der Waals surface area contributed by atoms with Crippen LogP contribution in [-0.4, -0.2) is 37.8 Å². The third kappa shape index (κ3) is 6.34. The summed E-state index contributed by atoms with van der Waals surface area (Å²) < 4.78 is 26.6. The van der Waals surface area contributed by atoms with E-state index in [1.54, 1.807) is 6.92 Å². The van der Waals surface area contributed by atoms with Crippen LogP contribution in [-0.2, 0) is 21.2 Å². The van der Waals surface area contributed by atoms with Crippen LogP contribution in [0, 0.1) is 0 Å². The van der Waals surface area contributed by atoms with Crippen molar-refractivity contribution in [3.8, 4) is 0 Å². The number of carbonyl (C=O) groups is 1. The standard InChI is InChI=1S/C20H25ClN2O3S/c1-3-23(27(25,26)19-13-11-18(21)12-14-19)15-20(24)22-16(2)9-10-17-7-5-4-6-8-17/h4-8,11-14,16H,3,9-10,15H2,1-2H3,(H,22,24)/t16-/m0/s1. The van der Waals surface area contributed by atoms with Gasteiger partial charge in [-0.1, -0.05) is 48.9 Å². The summed E-state index contributed by atoms with van der Waals surface area (Å²) in [4.78, 5) is 12.5. The second-order valence-electron chi connectivity index (χ2n) is 6.38. The van der Waals surface area contributed by atoms with Gasteiger partial charge in [0.25, 0.3) is 0 Å². The lowest BCUT2D eigenvalue weighted by atomic mass is 10.1. The van der Waals surface area contributed by atoms with Crippen LogP contribution in [0.15, 0.2) is 59.5 Å². The first kappa shape index (κ1) is 21.4. The summed E-state index contributed by atoms with van der Waals surface area (Å²) in [6, 6.07) is 15.9. The Labute approximate surface area is 166 Å². The predicted molar refractivity (Wildman–Crippen MR) is 108 cm³/mol. The maximum atomic E-state index is 12.7. The summed E-state index contributed by atoms with van der Waals surface area (Å²) in [7, 11) is -3.74.